The molecule has 0 saturated carbocycles. The highest BCUT2D eigenvalue weighted by Gasteiger charge is 2.13. The summed E-state index contributed by atoms with van der Waals surface area (Å²) >= 11 is 0. The van der Waals surface area contributed by atoms with Crippen molar-refractivity contribution in [1.82, 2.24) is 20.1 Å². The first kappa shape index (κ1) is 15.3. The van der Waals surface area contributed by atoms with Crippen molar-refractivity contribution in [3.05, 3.63) is 46.7 Å². The quantitative estimate of drug-likeness (QED) is 0.802. The van der Waals surface area contributed by atoms with Crippen LogP contribution in [0.3, 0.4) is 0 Å². The van der Waals surface area contributed by atoms with Crippen LogP contribution in [0.1, 0.15) is 28.3 Å². The zero-order valence-electron chi connectivity index (χ0n) is 13.8. The molecule has 3 aromatic rings. The Morgan fingerprint density at radius 2 is 2.04 bits per heavy atom. The fraction of sp³-hybridized carbons (Fsp3) is 0.353. The van der Waals surface area contributed by atoms with E-state index in [4.69, 9.17) is 4.42 Å². The van der Waals surface area contributed by atoms with Crippen LogP contribution in [-0.4, -0.2) is 20.7 Å². The van der Waals surface area contributed by atoms with Gasteiger partial charge in [0.15, 0.2) is 5.82 Å². The minimum absolute atomic E-state index is 0.0634. The Bertz CT molecular complexity index is 876. The number of furan rings is 1. The van der Waals surface area contributed by atoms with E-state index in [1.165, 1.54) is 5.56 Å². The molecule has 0 fully saturated rings. The van der Waals surface area contributed by atoms with Crippen LogP contribution in [0.2, 0.25) is 0 Å². The predicted molar refractivity (Wildman–Crippen MR) is 87.0 cm³/mol. The van der Waals surface area contributed by atoms with E-state index in [1.807, 2.05) is 38.5 Å². The third kappa shape index (κ3) is 2.84. The van der Waals surface area contributed by atoms with Gasteiger partial charge in [-0.1, -0.05) is 12.1 Å². The number of nitrogens with one attached hydrogen (secondary N) is 1. The van der Waals surface area contributed by atoms with Crippen LogP contribution in [0.15, 0.2) is 22.8 Å². The number of amides is 1. The van der Waals surface area contributed by atoms with Gasteiger partial charge in [0.1, 0.15) is 11.4 Å². The molecule has 3 rings (SSSR count). The second-order valence-electron chi connectivity index (χ2n) is 5.82. The normalized spacial score (nSPS) is 11.1. The van der Waals surface area contributed by atoms with E-state index in [9.17, 15) is 4.79 Å². The number of aromatic nitrogens is 3. The Morgan fingerprint density at radius 1 is 1.26 bits per heavy atom. The molecule has 0 atom stereocenters. The summed E-state index contributed by atoms with van der Waals surface area (Å²) in [7, 11) is 1.88. The van der Waals surface area contributed by atoms with E-state index >= 15 is 0 Å². The molecule has 2 aromatic heterocycles. The largest absolute Gasteiger partial charge is 0.464 e. The second kappa shape index (κ2) is 5.87. The third-order valence-electron chi connectivity index (χ3n) is 4.32. The molecule has 6 heteroatoms. The van der Waals surface area contributed by atoms with Crippen LogP contribution < -0.4 is 5.32 Å². The summed E-state index contributed by atoms with van der Waals surface area (Å²) < 4.78 is 7.50. The van der Waals surface area contributed by atoms with Crippen molar-refractivity contribution in [1.29, 1.82) is 0 Å². The number of hydrogen-bond acceptors (Lipinski definition) is 4. The lowest BCUT2D eigenvalue weighted by Crippen LogP contribution is -2.26. The molecular formula is C17H20N4O2. The highest BCUT2D eigenvalue weighted by Crippen LogP contribution is 2.26. The molecule has 0 saturated heterocycles. The maximum Gasteiger partial charge on any atom is 0.224 e. The standard InChI is InChI=1S/C17H20N4O2/c1-10-5-6-14-13(9-23-17(14)11(10)2)7-16(22)18-8-15-20-19-12(3)21(15)4/h5-6,9H,7-8H2,1-4H3,(H,18,22). The number of nitrogens with zero attached hydrogens (tertiary/aromatic N) is 3. The molecule has 0 bridgehead atoms. The average molecular weight is 312 g/mol. The Hall–Kier alpha value is -2.63. The molecule has 0 aliphatic heterocycles. The topological polar surface area (TPSA) is 73.0 Å². The summed E-state index contributed by atoms with van der Waals surface area (Å²) in [4.78, 5) is 12.2. The van der Waals surface area contributed by atoms with Gasteiger partial charge in [0.05, 0.1) is 19.2 Å². The maximum absolute atomic E-state index is 12.2. The molecule has 0 aliphatic carbocycles. The molecule has 120 valence electrons. The first-order valence-electron chi connectivity index (χ1n) is 7.55. The van der Waals surface area contributed by atoms with Gasteiger partial charge in [-0.2, -0.15) is 0 Å². The van der Waals surface area contributed by atoms with Crippen molar-refractivity contribution < 1.29 is 9.21 Å². The van der Waals surface area contributed by atoms with Gasteiger partial charge < -0.3 is 14.3 Å². The van der Waals surface area contributed by atoms with Crippen LogP contribution in [0.25, 0.3) is 11.0 Å². The first-order chi connectivity index (χ1) is 11.0. The highest BCUT2D eigenvalue weighted by atomic mass is 16.3. The van der Waals surface area contributed by atoms with E-state index in [0.717, 1.165) is 33.7 Å². The zero-order valence-corrected chi connectivity index (χ0v) is 13.8. The van der Waals surface area contributed by atoms with E-state index in [1.54, 1.807) is 6.26 Å². The number of hydrogen-bond donors (Lipinski definition) is 1. The van der Waals surface area contributed by atoms with Gasteiger partial charge in [-0.25, -0.2) is 0 Å². The molecule has 0 radical (unpaired) electrons. The van der Waals surface area contributed by atoms with Gasteiger partial charge in [0.25, 0.3) is 0 Å². The molecule has 1 N–H and O–H groups in total. The van der Waals surface area contributed by atoms with Gasteiger partial charge in [-0.3, -0.25) is 4.79 Å². The lowest BCUT2D eigenvalue weighted by molar-refractivity contribution is -0.120. The lowest BCUT2D eigenvalue weighted by atomic mass is 10.0. The summed E-state index contributed by atoms with van der Waals surface area (Å²) in [5.74, 6) is 1.49. The second-order valence-corrected chi connectivity index (χ2v) is 5.82. The maximum atomic E-state index is 12.2. The number of aryl methyl sites for hydroxylation is 3. The molecule has 0 unspecified atom stereocenters. The van der Waals surface area contributed by atoms with Crippen LogP contribution in [0, 0.1) is 20.8 Å². The van der Waals surface area contributed by atoms with Crippen molar-refractivity contribution in [3.63, 3.8) is 0 Å². The molecule has 1 amide bonds. The van der Waals surface area contributed by atoms with Crippen LogP contribution >= 0.6 is 0 Å². The highest BCUT2D eigenvalue weighted by molar-refractivity contribution is 5.89. The van der Waals surface area contributed by atoms with Crippen LogP contribution in [-0.2, 0) is 24.8 Å². The zero-order chi connectivity index (χ0) is 16.6. The molecule has 0 spiro atoms. The Morgan fingerprint density at radius 3 is 2.74 bits per heavy atom. The van der Waals surface area contributed by atoms with Crippen LogP contribution in [0.4, 0.5) is 0 Å². The number of carbonyl (C=O) groups is 1. The first-order valence-corrected chi connectivity index (χ1v) is 7.55. The van der Waals surface area contributed by atoms with Gasteiger partial charge in [-0.15, -0.1) is 10.2 Å². The summed E-state index contributed by atoms with van der Waals surface area (Å²) in [6, 6.07) is 4.06. The molecule has 2 heterocycles. The van der Waals surface area contributed by atoms with Crippen molar-refractivity contribution in [2.45, 2.75) is 33.7 Å². The summed E-state index contributed by atoms with van der Waals surface area (Å²) in [6.45, 7) is 6.32. The molecule has 0 aliphatic rings. The summed E-state index contributed by atoms with van der Waals surface area (Å²) in [6.07, 6.45) is 1.95. The Balaban J connectivity index is 1.71. The SMILES string of the molecule is Cc1ccc2c(CC(=O)NCc3nnc(C)n3C)coc2c1C. The van der Waals surface area contributed by atoms with E-state index < -0.39 is 0 Å². The average Bonchev–Trinajstić information content (AvgIpc) is 3.07. The third-order valence-corrected chi connectivity index (χ3v) is 4.32. The van der Waals surface area contributed by atoms with Gasteiger partial charge in [0, 0.05) is 18.0 Å². The van der Waals surface area contributed by atoms with E-state index in [0.29, 0.717) is 6.54 Å². The summed E-state index contributed by atoms with van der Waals surface area (Å²) in [5, 5.41) is 11.9. The van der Waals surface area contributed by atoms with Crippen LogP contribution in [0.5, 0.6) is 0 Å². The van der Waals surface area contributed by atoms with Gasteiger partial charge >= 0.3 is 0 Å². The van der Waals surface area contributed by atoms with E-state index in [2.05, 4.69) is 21.6 Å². The number of fused-ring (bicyclic) bond motifs is 1. The Kier molecular flexibility index (Phi) is 3.90. The van der Waals surface area contributed by atoms with Crippen molar-refractivity contribution >= 4 is 16.9 Å². The van der Waals surface area contributed by atoms with E-state index in [-0.39, 0.29) is 12.3 Å². The van der Waals surface area contributed by atoms with Crippen molar-refractivity contribution in [2.75, 3.05) is 0 Å². The van der Waals surface area contributed by atoms with Crippen molar-refractivity contribution in [3.8, 4) is 0 Å². The molecule has 1 aromatic carbocycles. The monoisotopic (exact) mass is 312 g/mol. The number of rotatable bonds is 4. The van der Waals surface area contributed by atoms with Gasteiger partial charge in [0.2, 0.25) is 5.91 Å². The summed E-state index contributed by atoms with van der Waals surface area (Å²) in [5.41, 5.74) is 4.05. The molecule has 6 nitrogen and oxygen atoms in total. The van der Waals surface area contributed by atoms with Crippen molar-refractivity contribution in [2.24, 2.45) is 7.05 Å². The minimum Gasteiger partial charge on any atom is -0.464 e. The number of benzene rings is 1. The fourth-order valence-electron chi connectivity index (χ4n) is 2.54. The van der Waals surface area contributed by atoms with Gasteiger partial charge in [-0.05, 0) is 31.9 Å². The Labute approximate surface area is 134 Å². The fourth-order valence-corrected chi connectivity index (χ4v) is 2.54. The minimum atomic E-state index is -0.0634. The lowest BCUT2D eigenvalue weighted by Gasteiger charge is -2.05. The smallest absolute Gasteiger partial charge is 0.224 e. The predicted octanol–water partition coefficient (Wildman–Crippen LogP) is 2.35. The molecule has 23 heavy (non-hydrogen) atoms. The molecular weight excluding hydrogens is 292 g/mol. The number of carbonyl (C=O) groups excluding carboxylic acids is 1.